The number of benzene rings is 1. The summed E-state index contributed by atoms with van der Waals surface area (Å²) in [7, 11) is -1.59. The average Bonchev–Trinajstić information content (AvgIpc) is 2.45. The van der Waals surface area contributed by atoms with Crippen LogP contribution < -0.4 is 4.72 Å². The largest absolute Gasteiger partial charge is 0.392 e. The first-order chi connectivity index (χ1) is 9.42. The second-order valence-corrected chi connectivity index (χ2v) is 6.64. The number of likely N-dealkylation sites (N-methyl/N-ethyl adjacent to an activating group) is 1. The molecule has 0 bridgehead atoms. The molecule has 0 spiro atoms. The van der Waals surface area contributed by atoms with Gasteiger partial charge in [-0.3, -0.25) is 0 Å². The zero-order valence-corrected chi connectivity index (χ0v) is 13.2. The van der Waals surface area contributed by atoms with Gasteiger partial charge in [0.25, 0.3) is 0 Å². The first kappa shape index (κ1) is 17.1. The van der Waals surface area contributed by atoms with E-state index in [0.717, 1.165) is 6.42 Å². The third kappa shape index (κ3) is 4.56. The third-order valence-corrected chi connectivity index (χ3v) is 5.09. The summed E-state index contributed by atoms with van der Waals surface area (Å²) in [5.74, 6) is 0. The Balaban J connectivity index is 2.67. The molecule has 0 aliphatic carbocycles. The molecule has 0 fully saturated rings. The first-order valence-corrected chi connectivity index (χ1v) is 8.29. The minimum atomic E-state index is -3.57. The molecule has 0 aromatic heterocycles. The highest BCUT2D eigenvalue weighted by atomic mass is 32.2. The smallest absolute Gasteiger partial charge is 0.240 e. The summed E-state index contributed by atoms with van der Waals surface area (Å²) >= 11 is 0. The Kier molecular flexibility index (Phi) is 6.61. The molecular formula is C14H24N2O3S. The summed E-state index contributed by atoms with van der Waals surface area (Å²) in [6.07, 6.45) is 1.02. The zero-order chi connectivity index (χ0) is 15.2. The second kappa shape index (κ2) is 7.73. The number of aliphatic hydroxyl groups is 1. The fourth-order valence-corrected chi connectivity index (χ4v) is 3.11. The van der Waals surface area contributed by atoms with Gasteiger partial charge in [-0.1, -0.05) is 25.1 Å². The summed E-state index contributed by atoms with van der Waals surface area (Å²) < 4.78 is 27.0. The molecule has 0 heterocycles. The van der Waals surface area contributed by atoms with E-state index in [4.69, 9.17) is 0 Å². The molecule has 1 unspecified atom stereocenters. The molecule has 1 rings (SSSR count). The molecule has 20 heavy (non-hydrogen) atoms. The molecule has 0 saturated heterocycles. The van der Waals surface area contributed by atoms with E-state index >= 15 is 0 Å². The maximum atomic E-state index is 12.2. The number of aliphatic hydroxyl groups excluding tert-OH is 1. The summed E-state index contributed by atoms with van der Waals surface area (Å²) in [6.45, 7) is 4.92. The van der Waals surface area contributed by atoms with Crippen LogP contribution in [0.1, 0.15) is 25.8 Å². The van der Waals surface area contributed by atoms with Crippen LogP contribution >= 0.6 is 0 Å². The van der Waals surface area contributed by atoms with E-state index < -0.39 is 10.0 Å². The molecule has 114 valence electrons. The fraction of sp³-hybridized carbons (Fsp3) is 0.571. The van der Waals surface area contributed by atoms with Crippen molar-refractivity contribution in [3.05, 3.63) is 29.8 Å². The van der Waals surface area contributed by atoms with Crippen molar-refractivity contribution >= 4 is 10.0 Å². The van der Waals surface area contributed by atoms with Gasteiger partial charge in [0, 0.05) is 19.1 Å². The van der Waals surface area contributed by atoms with Gasteiger partial charge in [-0.25, -0.2) is 13.1 Å². The minimum Gasteiger partial charge on any atom is -0.392 e. The van der Waals surface area contributed by atoms with E-state index in [1.54, 1.807) is 18.2 Å². The number of hydrogen-bond acceptors (Lipinski definition) is 4. The van der Waals surface area contributed by atoms with Crippen LogP contribution in [0.15, 0.2) is 29.2 Å². The van der Waals surface area contributed by atoms with Crippen molar-refractivity contribution in [3.8, 4) is 0 Å². The number of hydrogen-bond donors (Lipinski definition) is 2. The normalized spacial score (nSPS) is 13.7. The zero-order valence-electron chi connectivity index (χ0n) is 12.3. The second-order valence-electron chi connectivity index (χ2n) is 4.90. The molecule has 0 radical (unpaired) electrons. The molecule has 1 aromatic rings. The number of nitrogens with one attached hydrogen (secondary N) is 1. The molecule has 5 nitrogen and oxygen atoms in total. The third-order valence-electron chi connectivity index (χ3n) is 3.53. The fourth-order valence-electron chi connectivity index (χ4n) is 1.86. The van der Waals surface area contributed by atoms with Crippen LogP contribution in [-0.2, 0) is 16.6 Å². The van der Waals surface area contributed by atoms with E-state index in [0.29, 0.717) is 24.7 Å². The Morgan fingerprint density at radius 1 is 1.35 bits per heavy atom. The van der Waals surface area contributed by atoms with Crippen molar-refractivity contribution in [1.29, 1.82) is 0 Å². The molecule has 0 amide bonds. The van der Waals surface area contributed by atoms with Crippen molar-refractivity contribution in [2.45, 2.75) is 37.8 Å². The highest BCUT2D eigenvalue weighted by molar-refractivity contribution is 7.89. The lowest BCUT2D eigenvalue weighted by atomic mass is 10.2. The lowest BCUT2D eigenvalue weighted by molar-refractivity contribution is 0.256. The molecule has 1 aromatic carbocycles. The predicted molar refractivity (Wildman–Crippen MR) is 79.9 cm³/mol. The van der Waals surface area contributed by atoms with E-state index in [1.165, 1.54) is 6.07 Å². The number of rotatable bonds is 8. The lowest BCUT2D eigenvalue weighted by Crippen LogP contribution is -2.37. The maximum Gasteiger partial charge on any atom is 0.240 e. The predicted octanol–water partition coefficient (Wildman–Crippen LogP) is 1.19. The van der Waals surface area contributed by atoms with Crippen molar-refractivity contribution in [3.63, 3.8) is 0 Å². The Hall–Kier alpha value is -0.950. The van der Waals surface area contributed by atoms with Crippen LogP contribution in [0, 0.1) is 0 Å². The molecule has 6 heteroatoms. The molecular weight excluding hydrogens is 276 g/mol. The molecule has 2 N–H and O–H groups in total. The topological polar surface area (TPSA) is 69.6 Å². The molecule has 0 saturated carbocycles. The molecule has 1 atom stereocenters. The van der Waals surface area contributed by atoms with Gasteiger partial charge in [-0.2, -0.15) is 0 Å². The summed E-state index contributed by atoms with van der Waals surface area (Å²) in [5.41, 5.74) is 0.412. The van der Waals surface area contributed by atoms with E-state index in [2.05, 4.69) is 23.5 Å². The minimum absolute atomic E-state index is 0.147. The van der Waals surface area contributed by atoms with Crippen molar-refractivity contribution in [2.24, 2.45) is 0 Å². The standard InChI is InChI=1S/C14H24N2O3S/c1-4-12(2)16(3)10-9-15-20(18,19)14-8-6-5-7-13(14)11-17/h5-8,12,15,17H,4,9-11H2,1-3H3. The maximum absolute atomic E-state index is 12.2. The lowest BCUT2D eigenvalue weighted by Gasteiger charge is -2.23. The van der Waals surface area contributed by atoms with Crippen molar-refractivity contribution in [1.82, 2.24) is 9.62 Å². The van der Waals surface area contributed by atoms with Crippen molar-refractivity contribution < 1.29 is 13.5 Å². The summed E-state index contributed by atoms with van der Waals surface area (Å²) in [4.78, 5) is 2.26. The first-order valence-electron chi connectivity index (χ1n) is 6.81. The number of sulfonamides is 1. The molecule has 0 aliphatic rings. The van der Waals surface area contributed by atoms with Gasteiger partial charge in [0.05, 0.1) is 11.5 Å². The van der Waals surface area contributed by atoms with Crippen LogP contribution in [0.25, 0.3) is 0 Å². The van der Waals surface area contributed by atoms with Gasteiger partial charge >= 0.3 is 0 Å². The van der Waals surface area contributed by atoms with E-state index in [1.807, 2.05) is 7.05 Å². The highest BCUT2D eigenvalue weighted by Gasteiger charge is 2.17. The van der Waals surface area contributed by atoms with Gasteiger partial charge in [-0.15, -0.1) is 0 Å². The average molecular weight is 300 g/mol. The monoisotopic (exact) mass is 300 g/mol. The van der Waals surface area contributed by atoms with Gasteiger partial charge in [-0.05, 0) is 32.0 Å². The van der Waals surface area contributed by atoms with Gasteiger partial charge in [0.15, 0.2) is 0 Å². The van der Waals surface area contributed by atoms with Gasteiger partial charge in [0.2, 0.25) is 10.0 Å². The Morgan fingerprint density at radius 2 is 2.00 bits per heavy atom. The van der Waals surface area contributed by atoms with Crippen LogP contribution in [0.2, 0.25) is 0 Å². The van der Waals surface area contributed by atoms with Crippen LogP contribution in [0.4, 0.5) is 0 Å². The van der Waals surface area contributed by atoms with Crippen LogP contribution in [-0.4, -0.2) is 44.6 Å². The number of nitrogens with zero attached hydrogens (tertiary/aromatic N) is 1. The van der Waals surface area contributed by atoms with E-state index in [9.17, 15) is 13.5 Å². The van der Waals surface area contributed by atoms with Crippen molar-refractivity contribution in [2.75, 3.05) is 20.1 Å². The summed E-state index contributed by atoms with van der Waals surface area (Å²) in [5, 5.41) is 9.20. The van der Waals surface area contributed by atoms with Gasteiger partial charge in [0.1, 0.15) is 0 Å². The quantitative estimate of drug-likeness (QED) is 0.756. The Bertz CT molecular complexity index is 517. The van der Waals surface area contributed by atoms with E-state index in [-0.39, 0.29) is 11.5 Å². The summed E-state index contributed by atoms with van der Waals surface area (Å²) in [6, 6.07) is 6.90. The van der Waals surface area contributed by atoms with Crippen LogP contribution in [0.5, 0.6) is 0 Å². The highest BCUT2D eigenvalue weighted by Crippen LogP contribution is 2.14. The SMILES string of the molecule is CCC(C)N(C)CCNS(=O)(=O)c1ccccc1CO. The van der Waals surface area contributed by atoms with Gasteiger partial charge < -0.3 is 10.0 Å². The van der Waals surface area contributed by atoms with Crippen LogP contribution in [0.3, 0.4) is 0 Å². The molecule has 0 aliphatic heterocycles. The Labute approximate surface area is 121 Å². The Morgan fingerprint density at radius 3 is 2.60 bits per heavy atom.